The van der Waals surface area contributed by atoms with Crippen LogP contribution in [0.1, 0.15) is 44.7 Å². The normalized spacial score (nSPS) is 21.2. The lowest BCUT2D eigenvalue weighted by Crippen LogP contribution is -2.52. The highest BCUT2D eigenvalue weighted by atomic mass is 35.5. The molecule has 4 rings (SSSR count). The average molecular weight is 484 g/mol. The van der Waals surface area contributed by atoms with E-state index in [9.17, 15) is 15.0 Å². The number of hydrogen-bond donors (Lipinski definition) is 2. The van der Waals surface area contributed by atoms with E-state index in [-0.39, 0.29) is 18.9 Å². The van der Waals surface area contributed by atoms with Crippen molar-refractivity contribution in [2.45, 2.75) is 58.2 Å². The maximum atomic E-state index is 11.3. The first-order chi connectivity index (χ1) is 16.1. The van der Waals surface area contributed by atoms with Crippen molar-refractivity contribution in [2.24, 2.45) is 5.92 Å². The van der Waals surface area contributed by atoms with Crippen molar-refractivity contribution in [1.29, 1.82) is 0 Å². The molecule has 1 aliphatic rings. The van der Waals surface area contributed by atoms with Gasteiger partial charge in [0.05, 0.1) is 0 Å². The topological polar surface area (TPSA) is 99.7 Å². The molecule has 0 spiro atoms. The van der Waals surface area contributed by atoms with E-state index in [1.807, 2.05) is 49.4 Å². The minimum Gasteiger partial charge on any atom is -0.479 e. The molecular formula is C26H30ClN3O4. The molecule has 8 heteroatoms. The number of halogens is 1. The van der Waals surface area contributed by atoms with Crippen LogP contribution in [0.25, 0.3) is 22.8 Å². The van der Waals surface area contributed by atoms with Crippen molar-refractivity contribution in [2.75, 3.05) is 6.54 Å². The zero-order valence-corrected chi connectivity index (χ0v) is 20.4. The van der Waals surface area contributed by atoms with Gasteiger partial charge in [-0.15, -0.1) is 0 Å². The maximum absolute atomic E-state index is 11.3. The number of likely N-dealkylation sites (tertiary alicyclic amines) is 1. The lowest BCUT2D eigenvalue weighted by Gasteiger charge is -2.40. The second-order valence-corrected chi connectivity index (χ2v) is 10.0. The molecule has 0 amide bonds. The van der Waals surface area contributed by atoms with Crippen LogP contribution in [0.4, 0.5) is 0 Å². The molecule has 1 fully saturated rings. The molecule has 1 aromatic heterocycles. The molecule has 1 aliphatic heterocycles. The quantitative estimate of drug-likeness (QED) is 0.484. The Morgan fingerprint density at radius 1 is 1.24 bits per heavy atom. The van der Waals surface area contributed by atoms with Gasteiger partial charge < -0.3 is 14.7 Å². The molecule has 2 heterocycles. The van der Waals surface area contributed by atoms with Gasteiger partial charge >= 0.3 is 5.97 Å². The molecule has 180 valence electrons. The summed E-state index contributed by atoms with van der Waals surface area (Å²) >= 11 is 6.45. The Bertz CT molecular complexity index is 1160. The smallest absolute Gasteiger partial charge is 0.335 e. The highest BCUT2D eigenvalue weighted by molar-refractivity contribution is 6.31. The SMILES string of the molecule is CC(C)Cc1ccc(-c2nc(-c3ccc(CN4CCC(O)(C(=O)O)CC4C)cc3)no2)cc1Cl. The van der Waals surface area contributed by atoms with Crippen molar-refractivity contribution < 1.29 is 19.5 Å². The lowest BCUT2D eigenvalue weighted by molar-refractivity contribution is -0.165. The van der Waals surface area contributed by atoms with E-state index in [1.54, 1.807) is 0 Å². The molecule has 0 radical (unpaired) electrons. The summed E-state index contributed by atoms with van der Waals surface area (Å²) in [6, 6.07) is 13.7. The number of piperidine rings is 1. The Morgan fingerprint density at radius 2 is 1.94 bits per heavy atom. The predicted octanol–water partition coefficient (Wildman–Crippen LogP) is 5.06. The predicted molar refractivity (Wildman–Crippen MR) is 130 cm³/mol. The number of nitrogens with zero attached hydrogens (tertiary/aromatic N) is 3. The fraction of sp³-hybridized carbons (Fsp3) is 0.423. The van der Waals surface area contributed by atoms with Crippen LogP contribution in [0.2, 0.25) is 5.02 Å². The molecule has 1 saturated heterocycles. The summed E-state index contributed by atoms with van der Waals surface area (Å²) in [5.74, 6) is 0.302. The first-order valence-electron chi connectivity index (χ1n) is 11.6. The van der Waals surface area contributed by atoms with E-state index >= 15 is 0 Å². The van der Waals surface area contributed by atoms with Crippen molar-refractivity contribution in [1.82, 2.24) is 15.0 Å². The molecule has 0 aliphatic carbocycles. The lowest BCUT2D eigenvalue weighted by atomic mass is 9.87. The van der Waals surface area contributed by atoms with E-state index in [4.69, 9.17) is 16.1 Å². The average Bonchev–Trinajstić information content (AvgIpc) is 3.27. The Balaban J connectivity index is 1.42. The Morgan fingerprint density at radius 3 is 2.56 bits per heavy atom. The van der Waals surface area contributed by atoms with Crippen LogP contribution in [0.3, 0.4) is 0 Å². The number of rotatable bonds is 7. The fourth-order valence-corrected chi connectivity index (χ4v) is 4.69. The number of carboxylic acid groups (broad SMARTS) is 1. The minimum atomic E-state index is -1.63. The number of hydrogen-bond acceptors (Lipinski definition) is 6. The molecule has 34 heavy (non-hydrogen) atoms. The number of benzene rings is 2. The fourth-order valence-electron chi connectivity index (χ4n) is 4.44. The minimum absolute atomic E-state index is 0.0342. The van der Waals surface area contributed by atoms with E-state index in [1.165, 1.54) is 0 Å². The van der Waals surface area contributed by atoms with Crippen molar-refractivity contribution in [3.8, 4) is 22.8 Å². The van der Waals surface area contributed by atoms with Gasteiger partial charge in [0.25, 0.3) is 5.89 Å². The van der Waals surface area contributed by atoms with Crippen molar-refractivity contribution in [3.63, 3.8) is 0 Å². The third-order valence-corrected chi connectivity index (χ3v) is 6.77. The van der Waals surface area contributed by atoms with Gasteiger partial charge in [-0.25, -0.2) is 4.79 Å². The third-order valence-electron chi connectivity index (χ3n) is 6.42. The number of carboxylic acids is 1. The summed E-state index contributed by atoms with van der Waals surface area (Å²) < 4.78 is 5.49. The molecule has 2 atom stereocenters. The molecule has 7 nitrogen and oxygen atoms in total. The summed E-state index contributed by atoms with van der Waals surface area (Å²) in [4.78, 5) is 18.1. The van der Waals surface area contributed by atoms with Gasteiger partial charge in [-0.05, 0) is 48.9 Å². The summed E-state index contributed by atoms with van der Waals surface area (Å²) in [5, 5.41) is 24.4. The highest BCUT2D eigenvalue weighted by Crippen LogP contribution is 2.30. The number of carbonyl (C=O) groups is 1. The standard InChI is InChI=1S/C26H30ClN3O4/c1-16(2)12-20-8-9-21(13-22(20)27)24-28-23(29-34-24)19-6-4-18(5-7-19)15-30-11-10-26(33,25(31)32)14-17(30)3/h4-9,13,16-17,33H,10-12,14-15H2,1-3H3,(H,31,32). The highest BCUT2D eigenvalue weighted by Gasteiger charge is 2.42. The Hall–Kier alpha value is -2.74. The van der Waals surface area contributed by atoms with Crippen LogP contribution >= 0.6 is 11.6 Å². The molecule has 2 unspecified atom stereocenters. The van der Waals surface area contributed by atoms with E-state index in [0.29, 0.717) is 35.7 Å². The number of aromatic nitrogens is 2. The molecule has 2 N–H and O–H groups in total. The van der Waals surface area contributed by atoms with Crippen LogP contribution in [0, 0.1) is 5.92 Å². The van der Waals surface area contributed by atoms with Crippen LogP contribution < -0.4 is 0 Å². The second kappa shape index (κ2) is 9.86. The zero-order valence-electron chi connectivity index (χ0n) is 19.7. The van der Waals surface area contributed by atoms with Gasteiger partial charge in [-0.1, -0.05) is 60.9 Å². The molecule has 0 saturated carbocycles. The van der Waals surface area contributed by atoms with Gasteiger partial charge in [0.15, 0.2) is 5.60 Å². The maximum Gasteiger partial charge on any atom is 0.335 e. The van der Waals surface area contributed by atoms with Crippen LogP contribution in [-0.4, -0.2) is 49.4 Å². The molecule has 2 aromatic carbocycles. The van der Waals surface area contributed by atoms with Crippen LogP contribution in [0.5, 0.6) is 0 Å². The van der Waals surface area contributed by atoms with Crippen LogP contribution in [0.15, 0.2) is 47.0 Å². The van der Waals surface area contributed by atoms with Gasteiger partial charge in [-0.2, -0.15) is 4.98 Å². The Labute approximate surface area is 204 Å². The van der Waals surface area contributed by atoms with E-state index in [2.05, 4.69) is 28.9 Å². The second-order valence-electron chi connectivity index (χ2n) is 9.63. The zero-order chi connectivity index (χ0) is 24.5. The van der Waals surface area contributed by atoms with Gasteiger partial charge in [0, 0.05) is 41.7 Å². The van der Waals surface area contributed by atoms with Crippen molar-refractivity contribution in [3.05, 3.63) is 58.6 Å². The monoisotopic (exact) mass is 483 g/mol. The largest absolute Gasteiger partial charge is 0.479 e. The van der Waals surface area contributed by atoms with Gasteiger partial charge in [0.1, 0.15) is 0 Å². The summed E-state index contributed by atoms with van der Waals surface area (Å²) in [5.41, 5.74) is 2.19. The summed E-state index contributed by atoms with van der Waals surface area (Å²) in [6.45, 7) is 7.47. The summed E-state index contributed by atoms with van der Waals surface area (Å²) in [6.07, 6.45) is 1.35. The number of aliphatic hydroxyl groups is 1. The van der Waals surface area contributed by atoms with Gasteiger partial charge in [0.2, 0.25) is 5.82 Å². The van der Waals surface area contributed by atoms with Crippen molar-refractivity contribution >= 4 is 17.6 Å². The van der Waals surface area contributed by atoms with E-state index in [0.717, 1.165) is 28.7 Å². The summed E-state index contributed by atoms with van der Waals surface area (Å²) in [7, 11) is 0. The van der Waals surface area contributed by atoms with E-state index < -0.39 is 11.6 Å². The first kappa shape index (κ1) is 24.4. The molecule has 3 aromatic rings. The number of aliphatic carboxylic acids is 1. The van der Waals surface area contributed by atoms with Gasteiger partial charge in [-0.3, -0.25) is 4.90 Å². The third kappa shape index (κ3) is 5.32. The molecule has 0 bridgehead atoms. The van der Waals surface area contributed by atoms with Crippen LogP contribution in [-0.2, 0) is 17.8 Å². The first-order valence-corrected chi connectivity index (χ1v) is 11.9. The molecular weight excluding hydrogens is 454 g/mol. The Kier molecular flexibility index (Phi) is 7.07.